The molecule has 1 aliphatic carbocycles. The quantitative estimate of drug-likeness (QED) is 0.578. The molecular formula is C11H20O2S. The summed E-state index contributed by atoms with van der Waals surface area (Å²) in [6, 6.07) is 0. The molecule has 0 heterocycles. The van der Waals surface area contributed by atoms with Crippen LogP contribution in [0.25, 0.3) is 0 Å². The smallest absolute Gasteiger partial charge is 0.306 e. The summed E-state index contributed by atoms with van der Waals surface area (Å²) in [5.74, 6) is 1.27. The zero-order chi connectivity index (χ0) is 10.4. The van der Waals surface area contributed by atoms with Crippen molar-refractivity contribution in [3.63, 3.8) is 0 Å². The van der Waals surface area contributed by atoms with Crippen LogP contribution >= 0.6 is 12.6 Å². The van der Waals surface area contributed by atoms with Gasteiger partial charge in [-0.05, 0) is 25.2 Å². The van der Waals surface area contributed by atoms with Gasteiger partial charge in [-0.1, -0.05) is 19.8 Å². The van der Waals surface area contributed by atoms with Crippen LogP contribution in [0.4, 0.5) is 0 Å². The zero-order valence-electron chi connectivity index (χ0n) is 8.87. The van der Waals surface area contributed by atoms with Crippen molar-refractivity contribution in [3.8, 4) is 0 Å². The van der Waals surface area contributed by atoms with Crippen molar-refractivity contribution in [2.75, 3.05) is 5.75 Å². The Balaban J connectivity index is 2.26. The van der Waals surface area contributed by atoms with Gasteiger partial charge in [0.05, 0.1) is 6.42 Å². The minimum absolute atomic E-state index is 0.0817. The third-order valence-electron chi connectivity index (χ3n) is 2.93. The zero-order valence-corrected chi connectivity index (χ0v) is 9.76. The lowest BCUT2D eigenvalue weighted by molar-refractivity contribution is -0.150. The van der Waals surface area contributed by atoms with Crippen molar-refractivity contribution in [2.24, 2.45) is 5.92 Å². The first-order valence-corrected chi connectivity index (χ1v) is 6.19. The molecule has 3 heteroatoms. The maximum absolute atomic E-state index is 11.2. The second-order valence-electron chi connectivity index (χ2n) is 4.03. The predicted octanol–water partition coefficient (Wildman–Crippen LogP) is 2.82. The molecule has 0 N–H and O–H groups in total. The molecule has 1 saturated carbocycles. The highest BCUT2D eigenvalue weighted by atomic mass is 32.1. The number of carbonyl (C=O) groups excluding carboxylic acids is 1. The maximum atomic E-state index is 11.2. The van der Waals surface area contributed by atoms with E-state index in [-0.39, 0.29) is 12.1 Å². The van der Waals surface area contributed by atoms with Gasteiger partial charge in [0, 0.05) is 5.75 Å². The van der Waals surface area contributed by atoms with Gasteiger partial charge in [-0.15, -0.1) is 0 Å². The molecule has 0 saturated heterocycles. The number of hydrogen-bond donors (Lipinski definition) is 1. The Morgan fingerprint density at radius 3 is 2.93 bits per heavy atom. The summed E-state index contributed by atoms with van der Waals surface area (Å²) in [5, 5.41) is 0. The monoisotopic (exact) mass is 216 g/mol. The average molecular weight is 216 g/mol. The highest BCUT2D eigenvalue weighted by Crippen LogP contribution is 2.28. The minimum Gasteiger partial charge on any atom is -0.462 e. The lowest BCUT2D eigenvalue weighted by Gasteiger charge is -2.28. The first-order valence-electron chi connectivity index (χ1n) is 5.56. The van der Waals surface area contributed by atoms with Gasteiger partial charge in [-0.2, -0.15) is 12.6 Å². The molecular weight excluding hydrogens is 196 g/mol. The summed E-state index contributed by atoms with van der Waals surface area (Å²) >= 11 is 4.01. The lowest BCUT2D eigenvalue weighted by atomic mass is 9.85. The first-order chi connectivity index (χ1) is 6.76. The van der Waals surface area contributed by atoms with E-state index in [0.29, 0.717) is 12.2 Å². The van der Waals surface area contributed by atoms with Gasteiger partial charge in [0.2, 0.25) is 0 Å². The molecule has 2 unspecified atom stereocenters. The Hall–Kier alpha value is -0.180. The van der Waals surface area contributed by atoms with Crippen LogP contribution in [0.5, 0.6) is 0 Å². The van der Waals surface area contributed by atoms with Gasteiger partial charge in [0.1, 0.15) is 6.10 Å². The predicted molar refractivity (Wildman–Crippen MR) is 60.6 cm³/mol. The Morgan fingerprint density at radius 1 is 1.50 bits per heavy atom. The van der Waals surface area contributed by atoms with Gasteiger partial charge in [0.25, 0.3) is 0 Å². The summed E-state index contributed by atoms with van der Waals surface area (Å²) in [5.41, 5.74) is 0. The van der Waals surface area contributed by atoms with Crippen LogP contribution in [-0.2, 0) is 9.53 Å². The number of hydrogen-bond acceptors (Lipinski definition) is 3. The molecule has 0 aromatic heterocycles. The molecule has 0 aliphatic heterocycles. The van der Waals surface area contributed by atoms with Crippen LogP contribution < -0.4 is 0 Å². The van der Waals surface area contributed by atoms with Gasteiger partial charge < -0.3 is 4.74 Å². The van der Waals surface area contributed by atoms with E-state index in [1.54, 1.807) is 0 Å². The molecule has 0 aromatic carbocycles. The number of carbonyl (C=O) groups is 1. The van der Waals surface area contributed by atoms with Crippen LogP contribution in [0, 0.1) is 5.92 Å². The summed E-state index contributed by atoms with van der Waals surface area (Å²) in [4.78, 5) is 11.2. The molecule has 2 nitrogen and oxygen atoms in total. The van der Waals surface area contributed by atoms with E-state index in [1.165, 1.54) is 19.3 Å². The summed E-state index contributed by atoms with van der Waals surface area (Å²) in [6.45, 7) is 2.21. The van der Waals surface area contributed by atoms with Gasteiger partial charge in [-0.25, -0.2) is 0 Å². The van der Waals surface area contributed by atoms with Crippen molar-refractivity contribution in [2.45, 2.75) is 51.6 Å². The molecule has 1 aliphatic rings. The van der Waals surface area contributed by atoms with E-state index < -0.39 is 0 Å². The van der Waals surface area contributed by atoms with Crippen LogP contribution in [-0.4, -0.2) is 17.8 Å². The Morgan fingerprint density at radius 2 is 2.29 bits per heavy atom. The normalized spacial score (nSPS) is 27.3. The second-order valence-corrected chi connectivity index (χ2v) is 4.47. The third-order valence-corrected chi connectivity index (χ3v) is 3.15. The molecule has 0 bridgehead atoms. The van der Waals surface area contributed by atoms with Crippen molar-refractivity contribution < 1.29 is 9.53 Å². The van der Waals surface area contributed by atoms with Crippen molar-refractivity contribution in [1.29, 1.82) is 0 Å². The molecule has 1 rings (SSSR count). The molecule has 0 radical (unpaired) electrons. The van der Waals surface area contributed by atoms with Crippen LogP contribution in [0.3, 0.4) is 0 Å². The fourth-order valence-electron chi connectivity index (χ4n) is 2.06. The summed E-state index contributed by atoms with van der Waals surface area (Å²) in [6.07, 6.45) is 6.45. The molecule has 0 spiro atoms. The second kappa shape index (κ2) is 6.33. The van der Waals surface area contributed by atoms with Gasteiger partial charge in [-0.3, -0.25) is 4.79 Å². The SMILES string of the molecule is CCC1CCCC(OC(=O)CCS)C1. The highest BCUT2D eigenvalue weighted by Gasteiger charge is 2.23. The molecule has 14 heavy (non-hydrogen) atoms. The van der Waals surface area contributed by atoms with Crippen molar-refractivity contribution in [1.82, 2.24) is 0 Å². The molecule has 1 fully saturated rings. The Labute approximate surface area is 91.8 Å². The van der Waals surface area contributed by atoms with E-state index >= 15 is 0 Å². The third kappa shape index (κ3) is 3.91. The first kappa shape index (κ1) is 11.9. The topological polar surface area (TPSA) is 26.3 Å². The maximum Gasteiger partial charge on any atom is 0.306 e. The number of ether oxygens (including phenoxy) is 1. The van der Waals surface area contributed by atoms with E-state index in [0.717, 1.165) is 18.8 Å². The van der Waals surface area contributed by atoms with Gasteiger partial charge >= 0.3 is 5.97 Å². The van der Waals surface area contributed by atoms with E-state index in [2.05, 4.69) is 19.6 Å². The van der Waals surface area contributed by atoms with Crippen molar-refractivity contribution >= 4 is 18.6 Å². The van der Waals surface area contributed by atoms with Gasteiger partial charge in [0.15, 0.2) is 0 Å². The van der Waals surface area contributed by atoms with E-state index in [4.69, 9.17) is 4.74 Å². The van der Waals surface area contributed by atoms with E-state index in [9.17, 15) is 4.79 Å². The summed E-state index contributed by atoms with van der Waals surface area (Å²) in [7, 11) is 0. The number of thiol groups is 1. The molecule has 2 atom stereocenters. The summed E-state index contributed by atoms with van der Waals surface area (Å²) < 4.78 is 5.38. The fourth-order valence-corrected chi connectivity index (χ4v) is 2.24. The lowest BCUT2D eigenvalue weighted by Crippen LogP contribution is -2.25. The Bertz CT molecular complexity index is 182. The van der Waals surface area contributed by atoms with Crippen LogP contribution in [0.2, 0.25) is 0 Å². The fraction of sp³-hybridized carbons (Fsp3) is 0.909. The highest BCUT2D eigenvalue weighted by molar-refractivity contribution is 7.80. The van der Waals surface area contributed by atoms with Crippen molar-refractivity contribution in [3.05, 3.63) is 0 Å². The number of rotatable bonds is 4. The standard InChI is InChI=1S/C11H20O2S/c1-2-9-4-3-5-10(8-9)13-11(12)6-7-14/h9-10,14H,2-8H2,1H3. The molecule has 0 amide bonds. The minimum atomic E-state index is -0.0817. The molecule has 0 aromatic rings. The average Bonchev–Trinajstić information content (AvgIpc) is 2.18. The molecule has 82 valence electrons. The van der Waals surface area contributed by atoms with Crippen LogP contribution in [0.15, 0.2) is 0 Å². The van der Waals surface area contributed by atoms with E-state index in [1.807, 2.05) is 0 Å². The van der Waals surface area contributed by atoms with Crippen LogP contribution in [0.1, 0.15) is 45.4 Å². The largest absolute Gasteiger partial charge is 0.462 e. The Kier molecular flexibility index (Phi) is 5.38. The number of esters is 1.